The predicted molar refractivity (Wildman–Crippen MR) is 126 cm³/mol. The van der Waals surface area contributed by atoms with Gasteiger partial charge in [-0.2, -0.15) is 0 Å². The zero-order chi connectivity index (χ0) is 23.4. The molecule has 3 heterocycles. The fourth-order valence-corrected chi connectivity index (χ4v) is 4.53. The summed E-state index contributed by atoms with van der Waals surface area (Å²) in [5, 5.41) is 6.78. The third-order valence-electron chi connectivity index (χ3n) is 5.79. The first-order valence-electron chi connectivity index (χ1n) is 10.6. The SMILES string of the molecule is O=C(CNC(=O)c1ccc(Cl)cc1Cl)NCC(=O)N1CCC(c2c[nH]c3ncccc23)CC1. The van der Waals surface area contributed by atoms with E-state index in [2.05, 4.69) is 26.7 Å². The number of carbonyl (C=O) groups is 3. The molecule has 0 radical (unpaired) electrons. The van der Waals surface area contributed by atoms with Crippen LogP contribution in [0.3, 0.4) is 0 Å². The number of likely N-dealkylation sites (tertiary alicyclic amines) is 1. The molecule has 3 N–H and O–H groups in total. The van der Waals surface area contributed by atoms with Gasteiger partial charge in [-0.25, -0.2) is 4.98 Å². The van der Waals surface area contributed by atoms with Crippen LogP contribution in [0.4, 0.5) is 0 Å². The number of aromatic nitrogens is 2. The molecule has 1 aliphatic heterocycles. The molecule has 0 bridgehead atoms. The summed E-state index contributed by atoms with van der Waals surface area (Å²) in [6, 6.07) is 8.46. The number of nitrogens with one attached hydrogen (secondary N) is 3. The fraction of sp³-hybridized carbons (Fsp3) is 0.304. The number of hydrogen-bond donors (Lipinski definition) is 3. The third kappa shape index (κ3) is 5.46. The summed E-state index contributed by atoms with van der Waals surface area (Å²) >= 11 is 11.8. The van der Waals surface area contributed by atoms with Crippen LogP contribution in [0.2, 0.25) is 10.0 Å². The van der Waals surface area contributed by atoms with Crippen molar-refractivity contribution in [1.29, 1.82) is 0 Å². The molecular weight excluding hydrogens is 465 g/mol. The first-order chi connectivity index (χ1) is 15.9. The van der Waals surface area contributed by atoms with Crippen LogP contribution in [0.5, 0.6) is 0 Å². The lowest BCUT2D eigenvalue weighted by Crippen LogP contribution is -2.45. The maximum Gasteiger partial charge on any atom is 0.253 e. The highest BCUT2D eigenvalue weighted by Crippen LogP contribution is 2.32. The Hall–Kier alpha value is -3.10. The van der Waals surface area contributed by atoms with Crippen molar-refractivity contribution < 1.29 is 14.4 Å². The van der Waals surface area contributed by atoms with Gasteiger partial charge in [-0.3, -0.25) is 14.4 Å². The number of benzene rings is 1. The Morgan fingerprint density at radius 2 is 1.88 bits per heavy atom. The molecule has 0 saturated carbocycles. The van der Waals surface area contributed by atoms with E-state index in [4.69, 9.17) is 23.2 Å². The zero-order valence-electron chi connectivity index (χ0n) is 17.7. The van der Waals surface area contributed by atoms with Crippen LogP contribution in [-0.2, 0) is 9.59 Å². The van der Waals surface area contributed by atoms with Gasteiger partial charge in [0.2, 0.25) is 11.8 Å². The normalized spacial score (nSPS) is 14.3. The molecule has 1 aromatic carbocycles. The van der Waals surface area contributed by atoms with Crippen LogP contribution in [0.15, 0.2) is 42.7 Å². The smallest absolute Gasteiger partial charge is 0.253 e. The van der Waals surface area contributed by atoms with E-state index in [1.54, 1.807) is 17.2 Å². The van der Waals surface area contributed by atoms with E-state index in [1.807, 2.05) is 12.3 Å². The molecule has 0 unspecified atom stereocenters. The largest absolute Gasteiger partial charge is 0.346 e. The third-order valence-corrected chi connectivity index (χ3v) is 6.34. The monoisotopic (exact) mass is 487 g/mol. The van der Waals surface area contributed by atoms with Gasteiger partial charge in [0.05, 0.1) is 23.7 Å². The van der Waals surface area contributed by atoms with Crippen molar-refractivity contribution in [3.8, 4) is 0 Å². The van der Waals surface area contributed by atoms with Crippen LogP contribution in [0, 0.1) is 0 Å². The standard InChI is InChI=1S/C23H23Cl2N5O3/c24-15-3-4-17(19(25)10-15)23(33)29-12-20(31)27-13-21(32)30-8-5-14(6-9-30)18-11-28-22-16(18)2-1-7-26-22/h1-4,7,10-11,14H,5-6,8-9,12-13H2,(H,26,28)(H,27,31)(H,29,33). The first kappa shape index (κ1) is 23.1. The Morgan fingerprint density at radius 3 is 2.64 bits per heavy atom. The number of aromatic amines is 1. The Morgan fingerprint density at radius 1 is 1.09 bits per heavy atom. The second kappa shape index (κ2) is 10.2. The lowest BCUT2D eigenvalue weighted by Gasteiger charge is -2.32. The summed E-state index contributed by atoms with van der Waals surface area (Å²) in [6.45, 7) is 0.871. The summed E-state index contributed by atoms with van der Waals surface area (Å²) in [7, 11) is 0. The molecule has 33 heavy (non-hydrogen) atoms. The summed E-state index contributed by atoms with van der Waals surface area (Å²) < 4.78 is 0. The number of amides is 3. The van der Waals surface area contributed by atoms with Gasteiger partial charge < -0.3 is 20.5 Å². The molecule has 10 heteroatoms. The summed E-state index contributed by atoms with van der Waals surface area (Å²) in [5.41, 5.74) is 2.33. The minimum Gasteiger partial charge on any atom is -0.346 e. The Kier molecular flexibility index (Phi) is 7.15. The van der Waals surface area contributed by atoms with Crippen LogP contribution in [0.25, 0.3) is 11.0 Å². The van der Waals surface area contributed by atoms with E-state index in [-0.39, 0.29) is 29.6 Å². The average molecular weight is 488 g/mol. The number of piperidine rings is 1. The Bertz CT molecular complexity index is 1190. The van der Waals surface area contributed by atoms with Crippen molar-refractivity contribution in [3.63, 3.8) is 0 Å². The number of pyridine rings is 1. The Labute approximate surface area is 200 Å². The number of carbonyl (C=O) groups excluding carboxylic acids is 3. The molecular formula is C23H23Cl2N5O3. The molecule has 2 aromatic heterocycles. The maximum absolute atomic E-state index is 12.5. The molecule has 4 rings (SSSR count). The summed E-state index contributed by atoms with van der Waals surface area (Å²) in [4.78, 5) is 46.1. The maximum atomic E-state index is 12.5. The number of nitrogens with zero attached hydrogens (tertiary/aromatic N) is 2. The average Bonchev–Trinajstić information content (AvgIpc) is 3.25. The van der Waals surface area contributed by atoms with Crippen molar-refractivity contribution in [1.82, 2.24) is 25.5 Å². The van der Waals surface area contributed by atoms with Gasteiger partial charge in [0.25, 0.3) is 5.91 Å². The molecule has 0 aliphatic carbocycles. The minimum atomic E-state index is -0.493. The van der Waals surface area contributed by atoms with Crippen LogP contribution in [-0.4, -0.2) is 58.8 Å². The van der Waals surface area contributed by atoms with Crippen molar-refractivity contribution in [3.05, 3.63) is 63.9 Å². The molecule has 172 valence electrons. The van der Waals surface area contributed by atoms with E-state index in [1.165, 1.54) is 17.7 Å². The molecule has 0 atom stereocenters. The topological polar surface area (TPSA) is 107 Å². The molecule has 8 nitrogen and oxygen atoms in total. The quantitative estimate of drug-likeness (QED) is 0.496. The van der Waals surface area contributed by atoms with E-state index in [0.717, 1.165) is 23.9 Å². The lowest BCUT2D eigenvalue weighted by molar-refractivity contribution is -0.133. The highest BCUT2D eigenvalue weighted by Gasteiger charge is 2.25. The molecule has 0 spiro atoms. The van der Waals surface area contributed by atoms with Gasteiger partial charge in [0, 0.05) is 35.9 Å². The predicted octanol–water partition coefficient (Wildman–Crippen LogP) is 3.12. The van der Waals surface area contributed by atoms with E-state index in [9.17, 15) is 14.4 Å². The molecule has 1 fully saturated rings. The second-order valence-electron chi connectivity index (χ2n) is 7.88. The number of rotatable bonds is 6. The van der Waals surface area contributed by atoms with Gasteiger partial charge in [0.1, 0.15) is 5.65 Å². The van der Waals surface area contributed by atoms with Crippen molar-refractivity contribution in [2.45, 2.75) is 18.8 Å². The van der Waals surface area contributed by atoms with Crippen molar-refractivity contribution >= 4 is 52.0 Å². The minimum absolute atomic E-state index is 0.113. The highest BCUT2D eigenvalue weighted by atomic mass is 35.5. The number of halogens is 2. The number of hydrogen-bond acceptors (Lipinski definition) is 4. The lowest BCUT2D eigenvalue weighted by atomic mass is 9.89. The molecule has 1 saturated heterocycles. The number of H-pyrrole nitrogens is 1. The highest BCUT2D eigenvalue weighted by molar-refractivity contribution is 6.36. The van der Waals surface area contributed by atoms with Gasteiger partial charge in [-0.05, 0) is 54.7 Å². The van der Waals surface area contributed by atoms with E-state index >= 15 is 0 Å². The van der Waals surface area contributed by atoms with Gasteiger partial charge >= 0.3 is 0 Å². The molecule has 1 aliphatic rings. The van der Waals surface area contributed by atoms with E-state index in [0.29, 0.717) is 24.0 Å². The number of fused-ring (bicyclic) bond motifs is 1. The van der Waals surface area contributed by atoms with Crippen LogP contribution in [0.1, 0.15) is 34.7 Å². The summed E-state index contributed by atoms with van der Waals surface area (Å²) in [6.07, 6.45) is 5.46. The molecule has 3 aromatic rings. The summed E-state index contributed by atoms with van der Waals surface area (Å²) in [5.74, 6) is -0.735. The first-order valence-corrected chi connectivity index (χ1v) is 11.4. The van der Waals surface area contributed by atoms with E-state index < -0.39 is 11.8 Å². The van der Waals surface area contributed by atoms with Crippen LogP contribution < -0.4 is 10.6 Å². The fourth-order valence-electron chi connectivity index (χ4n) is 4.03. The Balaban J connectivity index is 1.21. The van der Waals surface area contributed by atoms with Gasteiger partial charge in [-0.1, -0.05) is 23.2 Å². The zero-order valence-corrected chi connectivity index (χ0v) is 19.2. The van der Waals surface area contributed by atoms with Crippen molar-refractivity contribution in [2.24, 2.45) is 0 Å². The van der Waals surface area contributed by atoms with Gasteiger partial charge in [0.15, 0.2) is 0 Å². The van der Waals surface area contributed by atoms with Crippen molar-refractivity contribution in [2.75, 3.05) is 26.2 Å². The second-order valence-corrected chi connectivity index (χ2v) is 8.73. The molecule has 3 amide bonds. The van der Waals surface area contributed by atoms with Gasteiger partial charge in [-0.15, -0.1) is 0 Å². The van der Waals surface area contributed by atoms with Crippen LogP contribution >= 0.6 is 23.2 Å².